The Bertz CT molecular complexity index is 885. The van der Waals surface area contributed by atoms with Crippen LogP contribution in [0.3, 0.4) is 0 Å². The highest BCUT2D eigenvalue weighted by atomic mass is 32.1. The quantitative estimate of drug-likeness (QED) is 0.694. The Balaban J connectivity index is 1.72. The van der Waals surface area contributed by atoms with Gasteiger partial charge in [-0.1, -0.05) is 26.2 Å². The lowest BCUT2D eigenvalue weighted by atomic mass is 9.86. The normalized spacial score (nSPS) is 23.4. The van der Waals surface area contributed by atoms with Crippen LogP contribution in [0.1, 0.15) is 79.6 Å². The van der Waals surface area contributed by atoms with E-state index in [1.165, 1.54) is 31.4 Å². The first-order valence-corrected chi connectivity index (χ1v) is 10.7. The average Bonchev–Trinajstić information content (AvgIpc) is 3.17. The zero-order chi connectivity index (χ0) is 19.7. The summed E-state index contributed by atoms with van der Waals surface area (Å²) < 4.78 is 27.7. The minimum absolute atomic E-state index is 0.314. The third-order valence-electron chi connectivity index (χ3n) is 5.65. The summed E-state index contributed by atoms with van der Waals surface area (Å²) in [6, 6.07) is 2.31. The highest BCUT2D eigenvalue weighted by Gasteiger charge is 2.36. The fourth-order valence-corrected chi connectivity index (χ4v) is 5.35. The molecule has 0 bridgehead atoms. The van der Waals surface area contributed by atoms with Gasteiger partial charge in [0, 0.05) is 23.1 Å². The van der Waals surface area contributed by atoms with Gasteiger partial charge >= 0.3 is 6.03 Å². The van der Waals surface area contributed by atoms with Crippen LogP contribution in [0.15, 0.2) is 28.6 Å². The number of carbonyl (C=O) groups excluding carboxylic acids is 1. The van der Waals surface area contributed by atoms with E-state index < -0.39 is 23.7 Å². The largest absolute Gasteiger partial charge is 0.341 e. The minimum Gasteiger partial charge on any atom is -0.328 e. The maximum absolute atomic E-state index is 13.8. The summed E-state index contributed by atoms with van der Waals surface area (Å²) in [4.78, 5) is 21.2. The lowest BCUT2D eigenvalue weighted by Crippen LogP contribution is -2.39. The van der Waals surface area contributed by atoms with E-state index >= 15 is 0 Å². The molecule has 0 spiro atoms. The second-order valence-electron chi connectivity index (χ2n) is 7.51. The maximum Gasteiger partial charge on any atom is 0.341 e. The Kier molecular flexibility index (Phi) is 5.53. The van der Waals surface area contributed by atoms with Crippen LogP contribution in [0.2, 0.25) is 0 Å². The van der Waals surface area contributed by atoms with Crippen molar-refractivity contribution in [2.75, 3.05) is 0 Å². The molecule has 2 aliphatic rings. The molecular formula is C21H23F2N3OS. The molecule has 4 rings (SSSR count). The number of thiazole rings is 1. The predicted octanol–water partition coefficient (Wildman–Crippen LogP) is 5.87. The zero-order valence-corrected chi connectivity index (χ0v) is 16.6. The van der Waals surface area contributed by atoms with Crippen molar-refractivity contribution in [3.05, 3.63) is 51.5 Å². The minimum atomic E-state index is -0.661. The number of halogens is 2. The van der Waals surface area contributed by atoms with Crippen molar-refractivity contribution in [3.8, 4) is 0 Å². The summed E-state index contributed by atoms with van der Waals surface area (Å²) in [5.74, 6) is -1.16. The van der Waals surface area contributed by atoms with Gasteiger partial charge in [0.2, 0.25) is 0 Å². The third-order valence-corrected chi connectivity index (χ3v) is 6.60. The SMILES string of the molecule is CCC1=NC(=O)NC(c2cc(F)cc(F)c2)C1c1nc(C2CCCCC2)cs1. The Morgan fingerprint density at radius 2 is 1.86 bits per heavy atom. The van der Waals surface area contributed by atoms with Crippen LogP contribution in [-0.2, 0) is 0 Å². The number of rotatable bonds is 4. The molecule has 0 saturated heterocycles. The molecule has 148 valence electrons. The summed E-state index contributed by atoms with van der Waals surface area (Å²) in [5.41, 5.74) is 2.19. The fraction of sp³-hybridized carbons (Fsp3) is 0.476. The molecule has 1 saturated carbocycles. The highest BCUT2D eigenvalue weighted by molar-refractivity contribution is 7.09. The monoisotopic (exact) mass is 403 g/mol. The van der Waals surface area contributed by atoms with Crippen LogP contribution < -0.4 is 5.32 Å². The number of nitrogens with one attached hydrogen (secondary N) is 1. The standard InChI is InChI=1S/C21H23F2N3OS/c1-2-16-18(20-24-17(11-28-20)12-6-4-3-5-7-12)19(26-21(27)25-16)13-8-14(22)10-15(23)9-13/h8-12,18-19H,2-7H2,1H3,(H,26,27). The van der Waals surface area contributed by atoms with Gasteiger partial charge in [0.25, 0.3) is 0 Å². The van der Waals surface area contributed by atoms with Crippen LogP contribution in [-0.4, -0.2) is 16.7 Å². The molecule has 2 atom stereocenters. The molecule has 7 heteroatoms. The number of hydrogen-bond donors (Lipinski definition) is 1. The van der Waals surface area contributed by atoms with E-state index in [1.54, 1.807) is 11.3 Å². The van der Waals surface area contributed by atoms with E-state index in [2.05, 4.69) is 15.7 Å². The summed E-state index contributed by atoms with van der Waals surface area (Å²) in [5, 5.41) is 5.73. The molecule has 1 aliphatic heterocycles. The van der Waals surface area contributed by atoms with Gasteiger partial charge in [0.1, 0.15) is 16.6 Å². The van der Waals surface area contributed by atoms with Crippen LogP contribution in [0.5, 0.6) is 0 Å². The number of amides is 2. The average molecular weight is 403 g/mol. The Morgan fingerprint density at radius 3 is 2.54 bits per heavy atom. The van der Waals surface area contributed by atoms with Crippen molar-refractivity contribution in [3.63, 3.8) is 0 Å². The van der Waals surface area contributed by atoms with E-state index in [1.807, 2.05) is 6.92 Å². The summed E-state index contributed by atoms with van der Waals surface area (Å²) in [7, 11) is 0. The van der Waals surface area contributed by atoms with Gasteiger partial charge in [-0.05, 0) is 37.0 Å². The molecule has 2 unspecified atom stereocenters. The van der Waals surface area contributed by atoms with Crippen molar-refractivity contribution >= 4 is 23.1 Å². The number of aliphatic imine (C=N–C) groups is 1. The lowest BCUT2D eigenvalue weighted by Gasteiger charge is -2.31. The van der Waals surface area contributed by atoms with E-state index in [0.717, 1.165) is 29.6 Å². The zero-order valence-electron chi connectivity index (χ0n) is 15.8. The predicted molar refractivity (Wildman–Crippen MR) is 106 cm³/mol. The molecule has 2 amide bonds. The maximum atomic E-state index is 13.8. The number of urea groups is 1. The molecule has 4 nitrogen and oxygen atoms in total. The van der Waals surface area contributed by atoms with Crippen molar-refractivity contribution in [2.24, 2.45) is 4.99 Å². The summed E-state index contributed by atoms with van der Waals surface area (Å²) >= 11 is 1.55. The van der Waals surface area contributed by atoms with Gasteiger partial charge in [-0.2, -0.15) is 0 Å². The first-order valence-electron chi connectivity index (χ1n) is 9.84. The van der Waals surface area contributed by atoms with E-state index in [4.69, 9.17) is 4.98 Å². The molecule has 0 radical (unpaired) electrons. The number of hydrogen-bond acceptors (Lipinski definition) is 3. The van der Waals surface area contributed by atoms with Crippen molar-refractivity contribution in [1.82, 2.24) is 10.3 Å². The van der Waals surface area contributed by atoms with Gasteiger partial charge in [-0.3, -0.25) is 0 Å². The smallest absolute Gasteiger partial charge is 0.328 e. The lowest BCUT2D eigenvalue weighted by molar-refractivity contribution is 0.242. The fourth-order valence-electron chi connectivity index (χ4n) is 4.28. The van der Waals surface area contributed by atoms with Crippen molar-refractivity contribution in [1.29, 1.82) is 0 Å². The second kappa shape index (κ2) is 8.07. The van der Waals surface area contributed by atoms with E-state index in [9.17, 15) is 13.6 Å². The molecule has 1 aliphatic carbocycles. The van der Waals surface area contributed by atoms with E-state index in [-0.39, 0.29) is 5.92 Å². The van der Waals surface area contributed by atoms with Crippen LogP contribution in [0.25, 0.3) is 0 Å². The molecule has 2 aromatic rings. The van der Waals surface area contributed by atoms with Gasteiger partial charge in [-0.15, -0.1) is 11.3 Å². The van der Waals surface area contributed by atoms with Crippen LogP contribution in [0.4, 0.5) is 13.6 Å². The molecule has 28 heavy (non-hydrogen) atoms. The Hall–Kier alpha value is -2.15. The molecule has 2 heterocycles. The Labute approximate surface area is 167 Å². The van der Waals surface area contributed by atoms with Crippen molar-refractivity contribution < 1.29 is 13.6 Å². The molecule has 1 aromatic carbocycles. The second-order valence-corrected chi connectivity index (χ2v) is 8.40. The number of carbonyl (C=O) groups is 1. The third kappa shape index (κ3) is 3.85. The molecule has 1 aromatic heterocycles. The highest BCUT2D eigenvalue weighted by Crippen LogP contribution is 2.40. The van der Waals surface area contributed by atoms with Crippen LogP contribution >= 0.6 is 11.3 Å². The van der Waals surface area contributed by atoms with Gasteiger partial charge in [-0.25, -0.2) is 23.6 Å². The number of nitrogens with zero attached hydrogens (tertiary/aromatic N) is 2. The molecule has 1 N–H and O–H groups in total. The first kappa shape index (κ1) is 19.2. The van der Waals surface area contributed by atoms with Gasteiger partial charge < -0.3 is 5.32 Å². The summed E-state index contributed by atoms with van der Waals surface area (Å²) in [6.45, 7) is 1.93. The van der Waals surface area contributed by atoms with Crippen LogP contribution in [0, 0.1) is 11.6 Å². The Morgan fingerprint density at radius 1 is 1.14 bits per heavy atom. The van der Waals surface area contributed by atoms with Gasteiger partial charge in [0.05, 0.1) is 17.7 Å². The molecular weight excluding hydrogens is 380 g/mol. The topological polar surface area (TPSA) is 54.4 Å². The number of aromatic nitrogens is 1. The van der Waals surface area contributed by atoms with Crippen molar-refractivity contribution in [2.45, 2.75) is 63.3 Å². The summed E-state index contributed by atoms with van der Waals surface area (Å²) in [6.07, 6.45) is 6.61. The number of benzene rings is 1. The molecule has 1 fully saturated rings. The first-order chi connectivity index (χ1) is 13.5. The van der Waals surface area contributed by atoms with E-state index in [0.29, 0.717) is 23.6 Å². The van der Waals surface area contributed by atoms with Gasteiger partial charge in [0.15, 0.2) is 0 Å².